The van der Waals surface area contributed by atoms with Crippen LogP contribution in [0.15, 0.2) is 60.8 Å². The second-order valence-corrected chi connectivity index (χ2v) is 8.27. The lowest BCUT2D eigenvalue weighted by molar-refractivity contribution is -0.144. The monoisotopic (exact) mass is 526 g/mol. The molecular weight excluding hydrogens is 510 g/mol. The number of halogens is 7. The van der Waals surface area contributed by atoms with Crippen molar-refractivity contribution in [3.8, 4) is 11.5 Å². The third-order valence-electron chi connectivity index (χ3n) is 5.38. The molecule has 4 nitrogen and oxygen atoms in total. The molecule has 0 saturated heterocycles. The molecule has 0 aliphatic carbocycles. The van der Waals surface area contributed by atoms with E-state index in [1.54, 1.807) is 6.20 Å². The molecular formula is C25H17ClF6N2O2. The quantitative estimate of drug-likeness (QED) is 0.256. The average Bonchev–Trinajstić information content (AvgIpc) is 3.20. The Hall–Kier alpha value is -3.66. The average molecular weight is 527 g/mol. The van der Waals surface area contributed by atoms with Crippen molar-refractivity contribution >= 4 is 34.1 Å². The summed E-state index contributed by atoms with van der Waals surface area (Å²) in [6.45, 7) is 1.86. The molecule has 4 aromatic rings. The van der Waals surface area contributed by atoms with Crippen LogP contribution in [0.25, 0.3) is 10.9 Å². The van der Waals surface area contributed by atoms with Crippen molar-refractivity contribution in [1.82, 2.24) is 4.98 Å². The SMILES string of the molecule is CCc1c[nH]c2ccc(Oc3c(C(F)(F)F)cc(NC(=O)c4cccc(Cl)c4)cc3C(F)(F)F)cc12. The zero-order chi connectivity index (χ0) is 26.3. The van der Waals surface area contributed by atoms with Crippen LogP contribution in [0.2, 0.25) is 5.02 Å². The number of carbonyl (C=O) groups is 1. The zero-order valence-corrected chi connectivity index (χ0v) is 19.2. The highest BCUT2D eigenvalue weighted by atomic mass is 35.5. The van der Waals surface area contributed by atoms with E-state index in [-0.39, 0.29) is 16.3 Å². The Morgan fingerprint density at radius 1 is 0.972 bits per heavy atom. The molecule has 0 aliphatic heterocycles. The summed E-state index contributed by atoms with van der Waals surface area (Å²) in [6.07, 6.45) is -8.15. The Kier molecular flexibility index (Phi) is 6.66. The third kappa shape index (κ3) is 5.28. The Labute approximate surface area is 205 Å². The van der Waals surface area contributed by atoms with Crippen molar-refractivity contribution in [3.05, 3.63) is 88.1 Å². The lowest BCUT2D eigenvalue weighted by Gasteiger charge is -2.21. The summed E-state index contributed by atoms with van der Waals surface area (Å²) in [5.41, 5.74) is -2.66. The second-order valence-electron chi connectivity index (χ2n) is 7.84. The molecule has 0 radical (unpaired) electrons. The number of aromatic amines is 1. The van der Waals surface area contributed by atoms with Gasteiger partial charge in [0.1, 0.15) is 16.9 Å². The maximum atomic E-state index is 14.0. The summed E-state index contributed by atoms with van der Waals surface area (Å²) >= 11 is 5.81. The van der Waals surface area contributed by atoms with E-state index in [2.05, 4.69) is 10.3 Å². The van der Waals surface area contributed by atoms with E-state index in [0.717, 1.165) is 5.56 Å². The number of aromatic nitrogens is 1. The van der Waals surface area contributed by atoms with Crippen LogP contribution in [0.3, 0.4) is 0 Å². The van der Waals surface area contributed by atoms with Gasteiger partial charge in [0.2, 0.25) is 0 Å². The maximum absolute atomic E-state index is 14.0. The molecule has 2 N–H and O–H groups in total. The number of fused-ring (bicyclic) bond motifs is 1. The molecule has 36 heavy (non-hydrogen) atoms. The van der Waals surface area contributed by atoms with Crippen molar-refractivity contribution in [2.45, 2.75) is 25.7 Å². The number of ether oxygens (including phenoxy) is 1. The summed E-state index contributed by atoms with van der Waals surface area (Å²) in [6, 6.07) is 10.4. The summed E-state index contributed by atoms with van der Waals surface area (Å²) in [7, 11) is 0. The molecule has 0 unspecified atom stereocenters. The molecule has 1 heterocycles. The van der Waals surface area contributed by atoms with Crippen molar-refractivity contribution in [2.24, 2.45) is 0 Å². The van der Waals surface area contributed by atoms with E-state index >= 15 is 0 Å². The summed E-state index contributed by atoms with van der Waals surface area (Å²) in [4.78, 5) is 15.4. The molecule has 0 atom stereocenters. The molecule has 0 fully saturated rings. The van der Waals surface area contributed by atoms with Crippen LogP contribution in [0.4, 0.5) is 32.0 Å². The summed E-state index contributed by atoms with van der Waals surface area (Å²) < 4.78 is 89.0. The molecule has 188 valence electrons. The summed E-state index contributed by atoms with van der Waals surface area (Å²) in [5.74, 6) is -2.55. The van der Waals surface area contributed by atoms with Gasteiger partial charge >= 0.3 is 12.4 Å². The van der Waals surface area contributed by atoms with Crippen molar-refractivity contribution in [2.75, 3.05) is 5.32 Å². The Balaban J connectivity index is 1.81. The number of amides is 1. The minimum Gasteiger partial charge on any atom is -0.456 e. The van der Waals surface area contributed by atoms with Gasteiger partial charge in [-0.05, 0) is 60.5 Å². The van der Waals surface area contributed by atoms with Gasteiger partial charge in [-0.15, -0.1) is 0 Å². The van der Waals surface area contributed by atoms with Gasteiger partial charge in [-0.1, -0.05) is 24.6 Å². The van der Waals surface area contributed by atoms with Gasteiger partial charge in [0.25, 0.3) is 5.91 Å². The number of hydrogen-bond acceptors (Lipinski definition) is 2. The first-order valence-electron chi connectivity index (χ1n) is 10.5. The highest BCUT2D eigenvalue weighted by molar-refractivity contribution is 6.31. The highest BCUT2D eigenvalue weighted by Gasteiger charge is 2.43. The fraction of sp³-hybridized carbons (Fsp3) is 0.160. The van der Waals surface area contributed by atoms with Crippen LogP contribution >= 0.6 is 11.6 Å². The van der Waals surface area contributed by atoms with Crippen LogP contribution < -0.4 is 10.1 Å². The zero-order valence-electron chi connectivity index (χ0n) is 18.4. The fourth-order valence-corrected chi connectivity index (χ4v) is 3.89. The minimum atomic E-state index is -5.22. The Morgan fingerprint density at radius 3 is 2.22 bits per heavy atom. The number of H-pyrrole nitrogens is 1. The number of aryl methyl sites for hydroxylation is 1. The van der Waals surface area contributed by atoms with Gasteiger partial charge in [-0.25, -0.2) is 0 Å². The lowest BCUT2D eigenvalue weighted by atomic mass is 10.0. The van der Waals surface area contributed by atoms with Crippen LogP contribution in [-0.2, 0) is 18.8 Å². The van der Waals surface area contributed by atoms with Crippen LogP contribution in [0.1, 0.15) is 34.0 Å². The standard InChI is InChI=1S/C25H17ClF6N2O2/c1-2-13-12-33-21-7-6-17(11-18(13)21)36-22-19(24(27,28)29)9-16(10-20(22)25(30,31)32)34-23(35)14-4-3-5-15(26)8-14/h3-12,33H,2H2,1H3,(H,34,35). The molecule has 0 aliphatic rings. The number of nitrogens with one attached hydrogen (secondary N) is 2. The number of alkyl halides is 6. The van der Waals surface area contributed by atoms with Gasteiger partial charge in [0.05, 0.1) is 0 Å². The molecule has 0 saturated carbocycles. The first-order valence-corrected chi connectivity index (χ1v) is 10.9. The van der Waals surface area contributed by atoms with Crippen LogP contribution in [0, 0.1) is 0 Å². The number of hydrogen-bond donors (Lipinski definition) is 2. The first kappa shape index (κ1) is 25.4. The van der Waals surface area contributed by atoms with Gasteiger partial charge in [0, 0.05) is 33.4 Å². The second kappa shape index (κ2) is 9.42. The number of carbonyl (C=O) groups excluding carboxylic acids is 1. The molecule has 0 spiro atoms. The summed E-state index contributed by atoms with van der Waals surface area (Å²) in [5, 5.41) is 2.86. The van der Waals surface area contributed by atoms with Crippen molar-refractivity contribution in [3.63, 3.8) is 0 Å². The van der Waals surface area contributed by atoms with Crippen molar-refractivity contribution in [1.29, 1.82) is 0 Å². The van der Waals surface area contributed by atoms with E-state index in [1.807, 2.05) is 6.92 Å². The molecule has 4 rings (SSSR count). The topological polar surface area (TPSA) is 54.1 Å². The van der Waals surface area contributed by atoms with Gasteiger partial charge in [-0.3, -0.25) is 4.79 Å². The van der Waals surface area contributed by atoms with Gasteiger partial charge < -0.3 is 15.0 Å². The molecule has 11 heteroatoms. The number of rotatable bonds is 5. The van der Waals surface area contributed by atoms with Gasteiger partial charge in [0.15, 0.2) is 5.75 Å². The number of benzene rings is 3. The smallest absolute Gasteiger partial charge is 0.420 e. The maximum Gasteiger partial charge on any atom is 0.420 e. The molecule has 1 aromatic heterocycles. The largest absolute Gasteiger partial charge is 0.456 e. The van der Waals surface area contributed by atoms with Gasteiger partial charge in [-0.2, -0.15) is 26.3 Å². The first-order chi connectivity index (χ1) is 16.9. The van der Waals surface area contributed by atoms with Crippen LogP contribution in [0.5, 0.6) is 11.5 Å². The van der Waals surface area contributed by atoms with E-state index in [1.165, 1.54) is 42.5 Å². The Morgan fingerprint density at radius 2 is 1.64 bits per heavy atom. The van der Waals surface area contributed by atoms with E-state index in [9.17, 15) is 31.1 Å². The normalized spacial score (nSPS) is 12.1. The van der Waals surface area contributed by atoms with E-state index in [0.29, 0.717) is 29.5 Å². The lowest BCUT2D eigenvalue weighted by Crippen LogP contribution is -2.17. The molecule has 0 bridgehead atoms. The van der Waals surface area contributed by atoms with Crippen molar-refractivity contribution < 1.29 is 35.9 Å². The molecule has 1 amide bonds. The molecule has 3 aromatic carbocycles. The third-order valence-corrected chi connectivity index (χ3v) is 5.62. The van der Waals surface area contributed by atoms with E-state index < -0.39 is 40.8 Å². The fourth-order valence-electron chi connectivity index (χ4n) is 3.70. The van der Waals surface area contributed by atoms with Crippen LogP contribution in [-0.4, -0.2) is 10.9 Å². The number of anilines is 1. The Bertz CT molecular complexity index is 1410. The predicted molar refractivity (Wildman–Crippen MR) is 124 cm³/mol. The predicted octanol–water partition coefficient (Wildman–Crippen LogP) is 8.47. The van der Waals surface area contributed by atoms with E-state index in [4.69, 9.17) is 16.3 Å². The highest BCUT2D eigenvalue weighted by Crippen LogP contribution is 2.47. The minimum absolute atomic E-state index is 0.0449.